The van der Waals surface area contributed by atoms with Gasteiger partial charge in [-0.3, -0.25) is 30.6 Å². The van der Waals surface area contributed by atoms with Crippen molar-refractivity contribution in [2.24, 2.45) is 0 Å². The Kier molecular flexibility index (Phi) is 6.28. The van der Waals surface area contributed by atoms with Gasteiger partial charge in [0, 0.05) is 43.7 Å². The maximum Gasteiger partial charge on any atom is 0.289 e. The Bertz CT molecular complexity index is 984. The maximum atomic E-state index is 12.8. The first-order chi connectivity index (χ1) is 15.0. The van der Waals surface area contributed by atoms with E-state index in [0.717, 1.165) is 31.1 Å². The van der Waals surface area contributed by atoms with Crippen LogP contribution in [0.2, 0.25) is 0 Å². The Balaban J connectivity index is 1.44. The van der Waals surface area contributed by atoms with Crippen LogP contribution in [0.15, 0.2) is 23.6 Å². The number of morpholine rings is 1. The number of nitrogens with zero attached hydrogens (tertiary/aromatic N) is 4. The molecule has 2 aromatic rings. The van der Waals surface area contributed by atoms with Crippen LogP contribution in [0.4, 0.5) is 16.5 Å². The lowest BCUT2D eigenvalue weighted by Crippen LogP contribution is -2.42. The summed E-state index contributed by atoms with van der Waals surface area (Å²) in [4.78, 5) is 44.2. The molecule has 1 aromatic heterocycles. The van der Waals surface area contributed by atoms with Crippen LogP contribution >= 0.6 is 11.3 Å². The molecule has 0 aliphatic carbocycles. The number of carbonyl (C=O) groups is 2. The number of aromatic nitrogens is 1. The van der Waals surface area contributed by atoms with Gasteiger partial charge in [0.25, 0.3) is 17.5 Å². The van der Waals surface area contributed by atoms with E-state index in [1.54, 1.807) is 11.4 Å². The summed E-state index contributed by atoms with van der Waals surface area (Å²) >= 11 is 1.34. The van der Waals surface area contributed by atoms with Crippen LogP contribution in [0.5, 0.6) is 0 Å². The van der Waals surface area contributed by atoms with Crippen molar-refractivity contribution in [2.45, 2.75) is 12.8 Å². The van der Waals surface area contributed by atoms with Gasteiger partial charge in [-0.1, -0.05) is 0 Å². The summed E-state index contributed by atoms with van der Waals surface area (Å²) in [6.45, 7) is 4.18. The molecule has 0 radical (unpaired) electrons. The third-order valence-electron chi connectivity index (χ3n) is 5.18. The second-order valence-electron chi connectivity index (χ2n) is 7.18. The van der Waals surface area contributed by atoms with Crippen LogP contribution in [0.25, 0.3) is 0 Å². The molecule has 0 bridgehead atoms. The highest BCUT2D eigenvalue weighted by Crippen LogP contribution is 2.28. The van der Waals surface area contributed by atoms with Crippen LogP contribution in [0, 0.1) is 10.1 Å². The van der Waals surface area contributed by atoms with Crippen LogP contribution < -0.4 is 20.7 Å². The largest absolute Gasteiger partial charge is 0.378 e. The van der Waals surface area contributed by atoms with Gasteiger partial charge >= 0.3 is 0 Å². The molecule has 4 rings (SSSR count). The summed E-state index contributed by atoms with van der Waals surface area (Å²) in [5.41, 5.74) is 5.46. The number of carbonyl (C=O) groups excluding carboxylic acids is 2. The van der Waals surface area contributed by atoms with Crippen LogP contribution in [0.3, 0.4) is 0 Å². The number of non-ortho nitro benzene ring substituents is 1. The zero-order valence-corrected chi connectivity index (χ0v) is 17.5. The fourth-order valence-electron chi connectivity index (χ4n) is 3.57. The molecular weight excluding hydrogens is 424 g/mol. The molecule has 2 saturated heterocycles. The predicted octanol–water partition coefficient (Wildman–Crippen LogP) is 1.56. The molecular formula is C19H22N6O5S. The van der Waals surface area contributed by atoms with Gasteiger partial charge in [0.15, 0.2) is 5.13 Å². The van der Waals surface area contributed by atoms with Crippen molar-refractivity contribution >= 4 is 39.7 Å². The lowest BCUT2D eigenvalue weighted by molar-refractivity contribution is -0.384. The summed E-state index contributed by atoms with van der Waals surface area (Å²) in [6, 6.07) is 4.19. The number of anilines is 2. The van der Waals surface area contributed by atoms with E-state index < -0.39 is 16.7 Å². The number of nitro benzene ring substituents is 1. The van der Waals surface area contributed by atoms with Gasteiger partial charge in [0.1, 0.15) is 5.69 Å². The van der Waals surface area contributed by atoms with Crippen molar-refractivity contribution in [2.75, 3.05) is 49.2 Å². The first-order valence-electron chi connectivity index (χ1n) is 9.95. The minimum Gasteiger partial charge on any atom is -0.378 e. The molecule has 2 N–H and O–H groups in total. The van der Waals surface area contributed by atoms with Crippen molar-refractivity contribution in [1.82, 2.24) is 15.8 Å². The van der Waals surface area contributed by atoms with E-state index in [4.69, 9.17) is 4.74 Å². The number of amides is 2. The number of hydrazine groups is 1. The van der Waals surface area contributed by atoms with E-state index >= 15 is 0 Å². The molecule has 0 unspecified atom stereocenters. The summed E-state index contributed by atoms with van der Waals surface area (Å²) in [5.74, 6) is -1.18. The number of thiazole rings is 1. The van der Waals surface area contributed by atoms with E-state index in [9.17, 15) is 19.7 Å². The van der Waals surface area contributed by atoms with Crippen molar-refractivity contribution in [1.29, 1.82) is 0 Å². The van der Waals surface area contributed by atoms with E-state index in [1.165, 1.54) is 23.5 Å². The quantitative estimate of drug-likeness (QED) is 0.523. The summed E-state index contributed by atoms with van der Waals surface area (Å²) in [6.07, 6.45) is 1.98. The van der Waals surface area contributed by atoms with Crippen molar-refractivity contribution in [3.63, 3.8) is 0 Å². The molecule has 2 aliphatic rings. The zero-order valence-electron chi connectivity index (χ0n) is 16.7. The Hall–Kier alpha value is -3.25. The zero-order chi connectivity index (χ0) is 21.8. The lowest BCUT2D eigenvalue weighted by atomic mass is 10.1. The molecule has 2 fully saturated rings. The minimum atomic E-state index is -0.623. The highest BCUT2D eigenvalue weighted by molar-refractivity contribution is 7.13. The molecule has 2 aliphatic heterocycles. The average molecular weight is 446 g/mol. The normalized spacial score (nSPS) is 16.3. The second kappa shape index (κ2) is 9.27. The molecule has 2 amide bonds. The number of rotatable bonds is 5. The summed E-state index contributed by atoms with van der Waals surface area (Å²) in [7, 11) is 0. The van der Waals surface area contributed by atoms with Gasteiger partial charge in [-0.2, -0.15) is 0 Å². The molecule has 3 heterocycles. The lowest BCUT2D eigenvalue weighted by Gasteiger charge is -2.25. The summed E-state index contributed by atoms with van der Waals surface area (Å²) < 4.78 is 5.31. The van der Waals surface area contributed by atoms with E-state index in [0.29, 0.717) is 32.0 Å². The van der Waals surface area contributed by atoms with Crippen molar-refractivity contribution in [3.8, 4) is 0 Å². The van der Waals surface area contributed by atoms with E-state index in [2.05, 4.69) is 15.8 Å². The average Bonchev–Trinajstić information content (AvgIpc) is 3.50. The molecule has 0 spiro atoms. The Morgan fingerprint density at radius 1 is 1.06 bits per heavy atom. The van der Waals surface area contributed by atoms with Gasteiger partial charge in [0.2, 0.25) is 0 Å². The minimum absolute atomic E-state index is 0.142. The van der Waals surface area contributed by atoms with E-state index in [-0.39, 0.29) is 16.9 Å². The number of hydrogen-bond donors (Lipinski definition) is 2. The number of hydrogen-bond acceptors (Lipinski definition) is 9. The van der Waals surface area contributed by atoms with Gasteiger partial charge in [0.05, 0.1) is 29.4 Å². The van der Waals surface area contributed by atoms with Crippen molar-refractivity contribution in [3.05, 3.63) is 45.0 Å². The first kappa shape index (κ1) is 21.0. The Labute approximate surface area is 182 Å². The van der Waals surface area contributed by atoms with Gasteiger partial charge < -0.3 is 14.5 Å². The fourth-order valence-corrected chi connectivity index (χ4v) is 4.43. The standard InChI is InChI=1S/C19H22N6O5S/c26-17(14-11-13(25(28)29)3-4-16(14)23-5-1-2-6-23)21-22-18(27)15-12-31-19(20-15)24-7-9-30-10-8-24/h3-4,11-12H,1-2,5-10H2,(H,21,26)(H,22,27). The fraction of sp³-hybridized carbons (Fsp3) is 0.421. The number of nitrogens with one attached hydrogen (secondary N) is 2. The number of ether oxygens (including phenoxy) is 1. The third kappa shape index (κ3) is 4.75. The van der Waals surface area contributed by atoms with Crippen LogP contribution in [-0.2, 0) is 4.74 Å². The summed E-state index contributed by atoms with van der Waals surface area (Å²) in [5, 5.41) is 13.5. The topological polar surface area (TPSA) is 130 Å². The molecule has 11 nitrogen and oxygen atoms in total. The highest BCUT2D eigenvalue weighted by atomic mass is 32.1. The first-order valence-corrected chi connectivity index (χ1v) is 10.8. The predicted molar refractivity (Wildman–Crippen MR) is 115 cm³/mol. The van der Waals surface area contributed by atoms with Gasteiger partial charge in [-0.25, -0.2) is 4.98 Å². The van der Waals surface area contributed by atoms with Gasteiger partial charge in [-0.15, -0.1) is 11.3 Å². The SMILES string of the molecule is O=C(NNC(=O)c1cc([N+](=O)[O-])ccc1N1CCCC1)c1csc(N2CCOCC2)n1. The maximum absolute atomic E-state index is 12.8. The molecule has 12 heteroatoms. The van der Waals surface area contributed by atoms with Gasteiger partial charge in [-0.05, 0) is 18.9 Å². The van der Waals surface area contributed by atoms with Crippen LogP contribution in [0.1, 0.15) is 33.7 Å². The molecule has 1 aromatic carbocycles. The monoisotopic (exact) mass is 446 g/mol. The smallest absolute Gasteiger partial charge is 0.289 e. The molecule has 0 atom stereocenters. The molecule has 0 saturated carbocycles. The molecule has 31 heavy (non-hydrogen) atoms. The molecule has 164 valence electrons. The third-order valence-corrected chi connectivity index (χ3v) is 6.08. The van der Waals surface area contributed by atoms with Crippen LogP contribution in [-0.4, -0.2) is 61.1 Å². The van der Waals surface area contributed by atoms with Crippen molar-refractivity contribution < 1.29 is 19.2 Å². The second-order valence-corrected chi connectivity index (χ2v) is 8.01. The number of nitro groups is 1. The Morgan fingerprint density at radius 2 is 1.77 bits per heavy atom. The van der Waals surface area contributed by atoms with E-state index in [1.807, 2.05) is 9.80 Å². The highest BCUT2D eigenvalue weighted by Gasteiger charge is 2.23. The number of benzene rings is 1. The Morgan fingerprint density at radius 3 is 2.48 bits per heavy atom.